The lowest BCUT2D eigenvalue weighted by Gasteiger charge is -2.55. The van der Waals surface area contributed by atoms with Gasteiger partial charge in [-0.05, 0) is 318 Å². The second kappa shape index (κ2) is 33.4. The number of hydrogen-bond acceptors (Lipinski definition) is 4. The van der Waals surface area contributed by atoms with E-state index in [2.05, 4.69) is 435 Å². The second-order valence-electron chi connectivity index (χ2n) is 42.4. The Hall–Kier alpha value is -10.6. The quantitative estimate of drug-likeness (QED) is 0.0893. The fourth-order valence-corrected chi connectivity index (χ4v) is 44.0. The largest absolute Gasteiger partial charge is 0.345 e. The van der Waals surface area contributed by atoms with E-state index >= 15 is 0 Å². The Bertz CT molecular complexity index is 6810. The summed E-state index contributed by atoms with van der Waals surface area (Å²) in [6.45, 7) is 36.3. The third-order valence-electron chi connectivity index (χ3n) is 33.3. The summed E-state index contributed by atoms with van der Waals surface area (Å²) >= 11 is 0. The Balaban J connectivity index is 0.000000109. The lowest BCUT2D eigenvalue weighted by molar-refractivity contribution is -0.00275. The van der Waals surface area contributed by atoms with Crippen LogP contribution in [0.5, 0.6) is 0 Å². The summed E-state index contributed by atoms with van der Waals surface area (Å²) in [6.07, 6.45) is 13.4. The van der Waals surface area contributed by atoms with Gasteiger partial charge in [-0.3, -0.25) is 0 Å². The highest BCUT2D eigenvalue weighted by Crippen LogP contribution is 2.60. The monoisotopic (exact) mass is 1750 g/mol. The highest BCUT2D eigenvalue weighted by atomic mass is 28.3. The number of rotatable bonds is 12. The van der Waals surface area contributed by atoms with Gasteiger partial charge in [-0.2, -0.15) is 0 Å². The zero-order valence-electron chi connectivity index (χ0n) is 80.3. The van der Waals surface area contributed by atoms with E-state index in [1.807, 2.05) is 0 Å². The predicted molar refractivity (Wildman–Crippen MR) is 573 cm³/mol. The summed E-state index contributed by atoms with van der Waals surface area (Å²) < 4.78 is 0. The molecule has 8 heteroatoms. The van der Waals surface area contributed by atoms with Crippen molar-refractivity contribution in [2.45, 2.75) is 195 Å². The van der Waals surface area contributed by atoms with Crippen LogP contribution in [0.2, 0.25) is 38.8 Å². The fraction of sp³-hybridized carbons (Fsp3) is 0.322. The molecular weight excluding hydrogens is 1620 g/mol. The molecule has 4 aliphatic heterocycles. The van der Waals surface area contributed by atoms with Crippen LogP contribution in [0.4, 0.5) is 45.5 Å². The maximum atomic E-state index is 2.72. The van der Waals surface area contributed by atoms with Gasteiger partial charge in [0.15, 0.2) is 8.07 Å². The molecule has 2 unspecified atom stereocenters. The summed E-state index contributed by atoms with van der Waals surface area (Å²) in [4.78, 5) is 9.81. The van der Waals surface area contributed by atoms with Gasteiger partial charge in [0.25, 0.3) is 0 Å². The molecule has 0 radical (unpaired) electrons. The molecule has 24 rings (SSSR count). The number of anilines is 8. The number of para-hydroxylation sites is 1. The zero-order valence-corrected chi connectivity index (χ0v) is 84.3. The molecule has 4 bridgehead atoms. The maximum Gasteiger partial charge on any atom is 0.184 e. The average molecular weight is 1760 g/mol. The lowest BCUT2D eigenvalue weighted by Crippen LogP contribution is -2.77. The molecule has 4 nitrogen and oxygen atoms in total. The van der Waals surface area contributed by atoms with Crippen molar-refractivity contribution < 1.29 is 0 Å². The molecule has 129 heavy (non-hydrogen) atoms. The lowest BCUT2D eigenvalue weighted by atomic mass is 9.51. The van der Waals surface area contributed by atoms with Crippen LogP contribution in [0.15, 0.2) is 285 Å². The highest BCUT2D eigenvalue weighted by molar-refractivity contribution is 7.22. The molecule has 654 valence electrons. The molecule has 0 saturated heterocycles. The SMILES string of the molecule is CC(C)Cc1ccc2c(c1)[Si](C)(C)c1cc3ccccc3cc1N2C.CCC(C)c1ccc2c(c1)[Si](c1ccccc1)(c1ccccc1)c1c(ccc3ccccc13)N2C.CCC[Si]1(C)c2cccc(C)c2N(C)c2ccc3cc4c(C(CC)CC)cccc4cc3c21.CN1c2ccc(C3C4CC5CC(C4)CC3C5)cc2[Si](C)(C)c2c1ccc1c2C(C)(C)c2ccccc2-1. The van der Waals surface area contributed by atoms with Crippen LogP contribution in [0.3, 0.4) is 0 Å². The Kier molecular flexibility index (Phi) is 22.4. The Labute approximate surface area is 774 Å². The van der Waals surface area contributed by atoms with Crippen LogP contribution in [0.25, 0.3) is 54.2 Å². The van der Waals surface area contributed by atoms with E-state index < -0.39 is 32.3 Å². The zero-order chi connectivity index (χ0) is 89.6. The van der Waals surface area contributed by atoms with Gasteiger partial charge < -0.3 is 19.6 Å². The Morgan fingerprint density at radius 3 is 1.59 bits per heavy atom. The normalized spacial score (nSPS) is 20.3. The highest BCUT2D eigenvalue weighted by Gasteiger charge is 2.53. The van der Waals surface area contributed by atoms with Crippen LogP contribution in [0, 0.1) is 36.5 Å². The summed E-state index contributed by atoms with van der Waals surface area (Å²) in [5.41, 5.74) is 24.8. The number of fused-ring (bicyclic) bond motifs is 18. The smallest absolute Gasteiger partial charge is 0.184 e. The first-order valence-electron chi connectivity index (χ1n) is 49.1. The average Bonchev–Trinajstić information content (AvgIpc) is 0.726. The maximum absolute atomic E-state index is 2.72. The van der Waals surface area contributed by atoms with Crippen molar-refractivity contribution in [1.82, 2.24) is 0 Å². The number of benzene rings is 15. The number of aryl methyl sites for hydroxylation is 1. The van der Waals surface area contributed by atoms with Crippen molar-refractivity contribution in [3.63, 3.8) is 0 Å². The van der Waals surface area contributed by atoms with Crippen molar-refractivity contribution in [3.05, 3.63) is 324 Å². The Morgan fingerprint density at radius 2 is 0.922 bits per heavy atom. The minimum absolute atomic E-state index is 0.0406. The van der Waals surface area contributed by atoms with E-state index in [1.54, 1.807) is 42.2 Å². The van der Waals surface area contributed by atoms with Gasteiger partial charge in [-0.25, -0.2) is 0 Å². The van der Waals surface area contributed by atoms with Gasteiger partial charge in [0.05, 0.1) is 0 Å². The minimum atomic E-state index is -2.61. The molecule has 4 heterocycles. The molecule has 0 amide bonds. The van der Waals surface area contributed by atoms with Crippen LogP contribution in [-0.2, 0) is 11.8 Å². The van der Waals surface area contributed by atoms with E-state index in [1.165, 1.54) is 206 Å². The van der Waals surface area contributed by atoms with Gasteiger partial charge in [0.2, 0.25) is 0 Å². The Morgan fingerprint density at radius 1 is 0.388 bits per heavy atom. The van der Waals surface area contributed by atoms with Gasteiger partial charge in [0, 0.05) is 79.1 Å². The summed E-state index contributed by atoms with van der Waals surface area (Å²) in [6, 6.07) is 111. The van der Waals surface area contributed by atoms with Gasteiger partial charge in [0.1, 0.15) is 24.2 Å². The molecule has 9 aliphatic rings. The topological polar surface area (TPSA) is 13.0 Å². The minimum Gasteiger partial charge on any atom is -0.345 e. The first-order chi connectivity index (χ1) is 62.2. The van der Waals surface area contributed by atoms with Crippen molar-refractivity contribution in [3.8, 4) is 11.1 Å². The number of hydrogen-bond donors (Lipinski definition) is 0. The molecular formula is C121H134N4Si4. The van der Waals surface area contributed by atoms with E-state index in [-0.39, 0.29) is 5.41 Å². The standard InChI is InChI=1S/C34H39NSi.C33H31NSi.C31H37NSi.C23H27NSi/c1-34(2)27-9-7-6-8-25(27)26-11-13-29-33(32(26)34)36(4,5)30-19-22(10-12-28(30)35(29)3)31-23-15-20-14-21(17-23)18-24(31)16-20;1-4-24(2)26-20-21-30-32(23-26)35(27-14-7-5-8-15-27,28-16-9-6-10-17-28)33-29-18-12-11-13-25(29)19-22-31(33)34(30)3;1-7-18-33(6)29-15-10-12-21(4)30(29)32(5)28-17-16-24-19-26-23(20-27(24)31(28)33)13-11-14-25(26)22(8-2)9-3;1-16(2)12-17-10-11-20-22(13-17)25(4,5)23-15-19-9-7-6-8-18(19)14-21(23)24(20)3/h6-13,19-21,23-24,31H,14-18H2,1-5H3;5-24H,4H2,1-3H3;10-17,19-20,22H,7-9,18H2,1-6H3;6-11,13-16H,12H2,1-5H3. The first-order valence-corrected chi connectivity index (χ1v) is 59.8. The van der Waals surface area contributed by atoms with Crippen LogP contribution in [0.1, 0.15) is 177 Å². The van der Waals surface area contributed by atoms with Crippen molar-refractivity contribution in [1.29, 1.82) is 0 Å². The molecule has 15 aromatic rings. The molecule has 0 N–H and O–H groups in total. The molecule has 2 atom stereocenters. The van der Waals surface area contributed by atoms with Crippen molar-refractivity contribution in [2.24, 2.45) is 29.6 Å². The van der Waals surface area contributed by atoms with Crippen LogP contribution >= 0.6 is 0 Å². The predicted octanol–water partition coefficient (Wildman–Crippen LogP) is 26.1. The molecule has 5 aliphatic carbocycles. The summed E-state index contributed by atoms with van der Waals surface area (Å²) in [7, 11) is 0.879. The first kappa shape index (κ1) is 86.4. The molecule has 15 aromatic carbocycles. The van der Waals surface area contributed by atoms with Crippen LogP contribution < -0.4 is 71.5 Å². The molecule has 0 spiro atoms. The van der Waals surface area contributed by atoms with Gasteiger partial charge in [-0.1, -0.05) is 332 Å². The van der Waals surface area contributed by atoms with Crippen molar-refractivity contribution >= 4 is 173 Å². The van der Waals surface area contributed by atoms with Crippen molar-refractivity contribution in [2.75, 3.05) is 47.8 Å². The van der Waals surface area contributed by atoms with E-state index in [0.717, 1.165) is 42.4 Å². The number of nitrogens with zero attached hydrogens (tertiary/aromatic N) is 4. The van der Waals surface area contributed by atoms with E-state index in [9.17, 15) is 0 Å². The summed E-state index contributed by atoms with van der Waals surface area (Å²) in [5.74, 6) is 6.61. The van der Waals surface area contributed by atoms with E-state index in [0.29, 0.717) is 17.8 Å². The van der Waals surface area contributed by atoms with Gasteiger partial charge in [-0.15, -0.1) is 0 Å². The molecule has 0 aromatic heterocycles. The van der Waals surface area contributed by atoms with Crippen LogP contribution in [-0.4, -0.2) is 60.5 Å². The second-order valence-corrected chi connectivity index (χ2v) is 58.9. The van der Waals surface area contributed by atoms with Gasteiger partial charge >= 0.3 is 0 Å². The third kappa shape index (κ3) is 14.0. The molecule has 4 fully saturated rings. The third-order valence-corrected chi connectivity index (χ3v) is 49.9. The van der Waals surface area contributed by atoms with E-state index in [4.69, 9.17) is 0 Å². The summed E-state index contributed by atoms with van der Waals surface area (Å²) in [5, 5.41) is 26.7. The molecule has 4 saturated carbocycles. The fourth-order valence-electron chi connectivity index (χ4n) is 27.0.